The third-order valence-corrected chi connectivity index (χ3v) is 4.50. The Balaban J connectivity index is 2.12. The summed E-state index contributed by atoms with van der Waals surface area (Å²) in [4.78, 5) is 12.8. The average Bonchev–Trinajstić information content (AvgIpc) is 2.73. The Labute approximate surface area is 136 Å². The number of hydrogen-bond donors (Lipinski definition) is 1. The number of aromatic nitrogens is 2. The molecule has 9 heteroatoms. The van der Waals surface area contributed by atoms with Gasteiger partial charge in [-0.25, -0.2) is 0 Å². The van der Waals surface area contributed by atoms with E-state index in [1.54, 1.807) is 6.07 Å². The molecule has 1 aliphatic rings. The van der Waals surface area contributed by atoms with Crippen molar-refractivity contribution in [3.05, 3.63) is 26.8 Å². The van der Waals surface area contributed by atoms with Crippen LogP contribution in [0.25, 0.3) is 10.9 Å². The van der Waals surface area contributed by atoms with Crippen molar-refractivity contribution in [1.29, 1.82) is 0 Å². The van der Waals surface area contributed by atoms with E-state index in [9.17, 15) is 18.0 Å². The van der Waals surface area contributed by atoms with Crippen LogP contribution in [0.4, 0.5) is 13.2 Å². The molecule has 1 aromatic heterocycles. The van der Waals surface area contributed by atoms with Crippen LogP contribution in [-0.2, 0) is 17.8 Å². The maximum Gasteiger partial charge on any atom is 0.406 e. The van der Waals surface area contributed by atoms with Crippen molar-refractivity contribution in [1.82, 2.24) is 15.1 Å². The molecule has 0 spiro atoms. The summed E-state index contributed by atoms with van der Waals surface area (Å²) in [7, 11) is 0. The first-order chi connectivity index (χ1) is 10.3. The molecule has 1 aromatic carbocycles. The van der Waals surface area contributed by atoms with Crippen molar-refractivity contribution in [3.63, 3.8) is 0 Å². The van der Waals surface area contributed by atoms with E-state index < -0.39 is 18.6 Å². The number of rotatable bonds is 1. The van der Waals surface area contributed by atoms with Gasteiger partial charge in [-0.1, -0.05) is 11.6 Å². The molecule has 0 fully saturated rings. The Morgan fingerprint density at radius 3 is 2.82 bits per heavy atom. The minimum Gasteiger partial charge on any atom is -0.329 e. The van der Waals surface area contributed by atoms with Gasteiger partial charge in [0.1, 0.15) is 17.2 Å². The summed E-state index contributed by atoms with van der Waals surface area (Å²) >= 11 is 9.46. The zero-order valence-electron chi connectivity index (χ0n) is 11.1. The van der Waals surface area contributed by atoms with Gasteiger partial charge < -0.3 is 4.90 Å². The van der Waals surface area contributed by atoms with Gasteiger partial charge in [0.2, 0.25) is 5.91 Å². The fraction of sp³-hybridized carbons (Fsp3) is 0.385. The molecule has 4 nitrogen and oxygen atoms in total. The highest BCUT2D eigenvalue weighted by atomic mass is 79.9. The maximum atomic E-state index is 12.7. The van der Waals surface area contributed by atoms with Crippen LogP contribution >= 0.6 is 27.5 Å². The highest BCUT2D eigenvalue weighted by Crippen LogP contribution is 2.36. The highest BCUT2D eigenvalue weighted by Gasteiger charge is 2.35. The Kier molecular flexibility index (Phi) is 3.84. The molecule has 1 amide bonds. The number of hydrogen-bond acceptors (Lipinski definition) is 2. The first-order valence-corrected chi connectivity index (χ1v) is 7.61. The molecule has 0 atom stereocenters. The molecule has 0 unspecified atom stereocenters. The second-order valence-electron chi connectivity index (χ2n) is 5.12. The number of fused-ring (bicyclic) bond motifs is 3. The molecule has 0 aliphatic carbocycles. The number of benzene rings is 1. The summed E-state index contributed by atoms with van der Waals surface area (Å²) < 4.78 is 38.7. The largest absolute Gasteiger partial charge is 0.406 e. The molecule has 0 saturated heterocycles. The lowest BCUT2D eigenvalue weighted by Crippen LogP contribution is -2.37. The van der Waals surface area contributed by atoms with Crippen molar-refractivity contribution in [2.45, 2.75) is 25.6 Å². The number of aromatic amines is 1. The van der Waals surface area contributed by atoms with E-state index in [-0.39, 0.29) is 18.1 Å². The molecule has 1 aliphatic heterocycles. The second-order valence-corrected chi connectivity index (χ2v) is 6.35. The number of nitrogens with zero attached hydrogens (tertiary/aromatic N) is 2. The van der Waals surface area contributed by atoms with E-state index >= 15 is 0 Å². The molecular formula is C13H10BrClF3N3O. The summed E-state index contributed by atoms with van der Waals surface area (Å²) in [5, 5.41) is 7.49. The van der Waals surface area contributed by atoms with E-state index in [1.807, 2.05) is 0 Å². The molecule has 2 heterocycles. The van der Waals surface area contributed by atoms with Crippen LogP contribution < -0.4 is 0 Å². The van der Waals surface area contributed by atoms with E-state index in [2.05, 4.69) is 26.1 Å². The van der Waals surface area contributed by atoms with Crippen molar-refractivity contribution >= 4 is 44.3 Å². The molecule has 1 N–H and O–H groups in total. The van der Waals surface area contributed by atoms with Gasteiger partial charge in [-0.15, -0.1) is 0 Å². The number of carbonyl (C=O) groups excluding carboxylic acids is 1. The molecule has 0 bridgehead atoms. The van der Waals surface area contributed by atoms with Gasteiger partial charge in [-0.2, -0.15) is 18.3 Å². The molecule has 118 valence electrons. The Hall–Kier alpha value is -1.28. The smallest absolute Gasteiger partial charge is 0.329 e. The highest BCUT2D eigenvalue weighted by molar-refractivity contribution is 9.10. The third kappa shape index (κ3) is 2.81. The SMILES string of the molecule is O=C1CCc2cc(Br)c3n[nH]c(Cl)c3c2CN1CC(F)(F)F. The molecule has 2 aromatic rings. The van der Waals surface area contributed by atoms with Gasteiger partial charge in [0.15, 0.2) is 0 Å². The number of H-pyrrole nitrogens is 1. The van der Waals surface area contributed by atoms with Gasteiger partial charge in [-0.05, 0) is 39.5 Å². The summed E-state index contributed by atoms with van der Waals surface area (Å²) in [6, 6.07) is 1.79. The summed E-state index contributed by atoms with van der Waals surface area (Å²) in [6.07, 6.45) is -4.02. The number of amides is 1. The molecule has 0 radical (unpaired) electrons. The average molecular weight is 397 g/mol. The van der Waals surface area contributed by atoms with Crippen LogP contribution in [0.3, 0.4) is 0 Å². The lowest BCUT2D eigenvalue weighted by atomic mass is 10.0. The third-order valence-electron chi connectivity index (χ3n) is 3.62. The normalized spacial score (nSPS) is 16.0. The molecular weight excluding hydrogens is 387 g/mol. The number of alkyl halides is 3. The predicted octanol–water partition coefficient (Wildman–Crippen LogP) is 3.82. The Morgan fingerprint density at radius 1 is 1.41 bits per heavy atom. The van der Waals surface area contributed by atoms with E-state index in [4.69, 9.17) is 11.6 Å². The van der Waals surface area contributed by atoms with Crippen LogP contribution in [0.5, 0.6) is 0 Å². The van der Waals surface area contributed by atoms with Crippen molar-refractivity contribution < 1.29 is 18.0 Å². The topological polar surface area (TPSA) is 49.0 Å². The lowest BCUT2D eigenvalue weighted by molar-refractivity contribution is -0.162. The van der Waals surface area contributed by atoms with Crippen molar-refractivity contribution in [2.75, 3.05) is 6.54 Å². The van der Waals surface area contributed by atoms with Crippen LogP contribution in [0.2, 0.25) is 5.15 Å². The molecule has 3 rings (SSSR count). The second kappa shape index (κ2) is 5.42. The summed E-state index contributed by atoms with van der Waals surface area (Å²) in [5.41, 5.74) is 1.97. The lowest BCUT2D eigenvalue weighted by Gasteiger charge is -2.22. The van der Waals surface area contributed by atoms with E-state index in [0.717, 1.165) is 10.5 Å². The van der Waals surface area contributed by atoms with E-state index in [0.29, 0.717) is 27.4 Å². The van der Waals surface area contributed by atoms with E-state index in [1.165, 1.54) is 0 Å². The summed E-state index contributed by atoms with van der Waals surface area (Å²) in [5.74, 6) is -0.516. The first kappa shape index (κ1) is 15.6. The number of nitrogens with one attached hydrogen (secondary N) is 1. The van der Waals surface area contributed by atoms with Crippen LogP contribution in [0.1, 0.15) is 17.5 Å². The predicted molar refractivity (Wildman–Crippen MR) is 78.6 cm³/mol. The number of carbonyl (C=O) groups is 1. The fourth-order valence-electron chi connectivity index (χ4n) is 2.68. The Morgan fingerprint density at radius 2 is 2.14 bits per heavy atom. The number of aryl methyl sites for hydroxylation is 1. The van der Waals surface area contributed by atoms with Crippen molar-refractivity contribution in [2.24, 2.45) is 0 Å². The zero-order valence-corrected chi connectivity index (χ0v) is 13.4. The minimum absolute atomic E-state index is 0.0382. The fourth-order valence-corrected chi connectivity index (χ4v) is 3.49. The van der Waals surface area contributed by atoms with Gasteiger partial charge in [0, 0.05) is 22.8 Å². The van der Waals surface area contributed by atoms with Gasteiger partial charge in [0.25, 0.3) is 0 Å². The van der Waals surface area contributed by atoms with Crippen molar-refractivity contribution in [3.8, 4) is 0 Å². The van der Waals surface area contributed by atoms with Gasteiger partial charge >= 0.3 is 6.18 Å². The van der Waals surface area contributed by atoms with Gasteiger partial charge in [-0.3, -0.25) is 9.89 Å². The number of halogens is 5. The summed E-state index contributed by atoms with van der Waals surface area (Å²) in [6.45, 7) is -1.39. The monoisotopic (exact) mass is 395 g/mol. The van der Waals surface area contributed by atoms with Crippen LogP contribution in [0, 0.1) is 0 Å². The van der Waals surface area contributed by atoms with Gasteiger partial charge in [0.05, 0.1) is 0 Å². The maximum absolute atomic E-state index is 12.7. The molecule has 0 saturated carbocycles. The Bertz CT molecular complexity index is 759. The molecule has 22 heavy (non-hydrogen) atoms. The standard InChI is InChI=1S/C13H10BrClF3N3O/c14-8-3-6-1-2-9(22)21(5-13(16,17)18)4-7(6)10-11(8)19-20-12(10)15/h3H,1-2,4-5H2,(H,19,20). The van der Waals surface area contributed by atoms with Crippen LogP contribution in [-0.4, -0.2) is 33.7 Å². The first-order valence-electron chi connectivity index (χ1n) is 6.44. The zero-order chi connectivity index (χ0) is 16.1. The van der Waals surface area contributed by atoms with Crippen LogP contribution in [0.15, 0.2) is 10.5 Å². The quantitative estimate of drug-likeness (QED) is 0.797. The minimum atomic E-state index is -4.44.